The average molecular weight is 1780 g/mol. The lowest BCUT2D eigenvalue weighted by molar-refractivity contribution is -0.127. The Morgan fingerprint density at radius 1 is 0.512 bits per heavy atom. The molecule has 3 aromatic carbocycles. The Kier molecular flexibility index (Phi) is 29.2. The van der Waals surface area contributed by atoms with Crippen LogP contribution in [0.1, 0.15) is 151 Å². The molecule has 2 N–H and O–H groups in total. The highest BCUT2D eigenvalue weighted by atomic mass is 79.9. The molecule has 0 radical (unpaired) electrons. The van der Waals surface area contributed by atoms with E-state index in [2.05, 4.69) is 56.2 Å². The van der Waals surface area contributed by atoms with Crippen LogP contribution < -0.4 is 43.2 Å². The van der Waals surface area contributed by atoms with Crippen molar-refractivity contribution in [1.29, 1.82) is 5.26 Å². The molecular formula is C81H84BrF3N18O15S3. The van der Waals surface area contributed by atoms with Gasteiger partial charge in [0.05, 0.1) is 95.5 Å². The fourth-order valence-corrected chi connectivity index (χ4v) is 16.8. The summed E-state index contributed by atoms with van der Waals surface area (Å²) in [6.45, 7) is 36.8. The topological polar surface area (TPSA) is 401 Å². The molecule has 0 fully saturated rings. The highest BCUT2D eigenvalue weighted by Gasteiger charge is 2.40. The van der Waals surface area contributed by atoms with Gasteiger partial charge in [-0.05, 0) is 135 Å². The number of phenols is 1. The zero-order valence-electron chi connectivity index (χ0n) is 68.3. The second kappa shape index (κ2) is 38.2. The quantitative estimate of drug-likeness (QED) is 0.0261. The molecule has 121 heavy (non-hydrogen) atoms. The minimum atomic E-state index is -1.53. The summed E-state index contributed by atoms with van der Waals surface area (Å²) in [5.74, 6) is -4.86. The third kappa shape index (κ3) is 19.4. The van der Waals surface area contributed by atoms with E-state index in [0.717, 1.165) is 99.3 Å². The van der Waals surface area contributed by atoms with E-state index < -0.39 is 118 Å². The summed E-state index contributed by atoms with van der Waals surface area (Å²) < 4.78 is 58.9. The van der Waals surface area contributed by atoms with Gasteiger partial charge < -0.3 is 19.7 Å². The van der Waals surface area contributed by atoms with E-state index in [4.69, 9.17) is 27.9 Å². The molecule has 634 valence electrons. The number of aliphatic hydroxyl groups is 1. The second-order valence-electron chi connectivity index (χ2n) is 30.4. The normalized spacial score (nSPS) is 11.8. The highest BCUT2D eigenvalue weighted by molar-refractivity contribution is 9.09. The number of aromatic hydroxyl groups is 1. The number of thiophene rings is 3. The van der Waals surface area contributed by atoms with E-state index in [1.807, 2.05) is 47.6 Å². The van der Waals surface area contributed by atoms with Gasteiger partial charge in [0.25, 0.3) is 16.7 Å². The van der Waals surface area contributed by atoms with Gasteiger partial charge in [0.1, 0.15) is 86.9 Å². The van der Waals surface area contributed by atoms with Crippen LogP contribution in [0.2, 0.25) is 0 Å². The monoisotopic (exact) mass is 1780 g/mol. The summed E-state index contributed by atoms with van der Waals surface area (Å²) in [6, 6.07) is 11.6. The van der Waals surface area contributed by atoms with Gasteiger partial charge in [-0.3, -0.25) is 61.7 Å². The van der Waals surface area contributed by atoms with Crippen LogP contribution in [0, 0.1) is 80.5 Å². The van der Waals surface area contributed by atoms with Crippen LogP contribution in [0.25, 0.3) is 55.3 Å². The standard InChI is InChI=1S/C27H29FN6O5S.C27H27FN6O5S.C25H26FN5O5S.C2H2BrN/c2*1-15(2)11-21(36)27(4,5)33-23(37)22-16(3)24(34-30-9-10-31-34)40-25(22)32(26(33)38)13-19(35)18-12-17(28)7-8-20(18)39-14-29-6;1-13(2)10-19(34)25(4,5)30-21(35)20-14(3)22(31-27-8-9-28-31)37-23(20)29(24(30)36)12-18(33)16-11-15(26)6-7-17(16)32;3-1-2-4/h7-10,12,15,19,35H,11,13-14H2,1-5H3;7-10,12,15H,11,13-14H2,1-5H3;6-9,11,13,32H,10,12H2,1-5H3;1H2/t19-;;;/m0.../s1. The smallest absolute Gasteiger partial charge is 0.357 e. The molecule has 0 saturated carbocycles. The first-order chi connectivity index (χ1) is 57.0. The molecule has 40 heteroatoms. The number of carbonyl (C=O) groups is 5. The van der Waals surface area contributed by atoms with Gasteiger partial charge in [-0.1, -0.05) is 91.5 Å². The Balaban J connectivity index is 0.000000202. The number of nitrogens with zero attached hydrogens (tertiary/aromatic N) is 18. The predicted octanol–water partition coefficient (Wildman–Crippen LogP) is 11.4. The molecule has 12 aromatic rings. The van der Waals surface area contributed by atoms with E-state index in [1.54, 1.807) is 20.8 Å². The summed E-state index contributed by atoms with van der Waals surface area (Å²) in [4.78, 5) is 161. The van der Waals surface area contributed by atoms with E-state index in [0.29, 0.717) is 37.0 Å². The number of halogens is 4. The lowest BCUT2D eigenvalue weighted by atomic mass is 9.91. The maximum atomic E-state index is 14.2. The van der Waals surface area contributed by atoms with Gasteiger partial charge in [-0.2, -0.15) is 35.9 Å². The molecule has 0 aliphatic rings. The van der Waals surface area contributed by atoms with Gasteiger partial charge in [0.15, 0.2) is 28.9 Å². The number of hydrogen-bond donors (Lipinski definition) is 2. The van der Waals surface area contributed by atoms with Gasteiger partial charge >= 0.3 is 30.5 Å². The number of Topliss-reactive ketones (excluding diaryl/α,β-unsaturated/α-hetero) is 5. The Bertz CT molecular complexity index is 6500. The minimum absolute atomic E-state index is 0.00233. The van der Waals surface area contributed by atoms with Gasteiger partial charge in [-0.15, -0.1) is 14.4 Å². The number of ketones is 5. The molecule has 0 amide bonds. The Hall–Kier alpha value is -12.6. The molecule has 0 spiro atoms. The molecule has 33 nitrogen and oxygen atoms in total. The fourth-order valence-electron chi connectivity index (χ4n) is 13.1. The molecule has 9 aromatic heterocycles. The fraction of sp³-hybridized carbons (Fsp3) is 0.383. The number of aryl methyl sites for hydroxylation is 3. The SMILES string of the molecule is Cc1c(-n2nccn2)sc2c1c(=O)n(C(C)(C)C(=O)CC(C)C)c(=O)n2CC(=O)c1cc(F)ccc1O.N#CCBr.[C-]#[N+]COc1ccc(F)cc1C(=O)Cn1c(=O)n(C(C)(C)C(=O)CC(C)C)c(=O)c2c(C)c(-n3nccn3)sc21.[C-]#[N+]COc1ccc(F)cc1[C@@H](O)Cn1c(=O)n(C(C)(C)C(=O)CC(C)C)c(=O)c2c(C)c(-n3nccn3)sc21. The summed E-state index contributed by atoms with van der Waals surface area (Å²) in [7, 11) is 0. The lowest BCUT2D eigenvalue weighted by Gasteiger charge is -2.27. The first kappa shape index (κ1) is 92.3. The molecule has 0 bridgehead atoms. The van der Waals surface area contributed by atoms with Crippen LogP contribution in [0.5, 0.6) is 17.2 Å². The zero-order valence-corrected chi connectivity index (χ0v) is 72.4. The van der Waals surface area contributed by atoms with Crippen LogP contribution in [-0.2, 0) is 50.6 Å². The van der Waals surface area contributed by atoms with Crippen molar-refractivity contribution >= 4 is 110 Å². The van der Waals surface area contributed by atoms with Crippen molar-refractivity contribution in [3.63, 3.8) is 0 Å². The number of ether oxygens (including phenoxy) is 2. The number of aromatic nitrogens is 15. The van der Waals surface area contributed by atoms with E-state index >= 15 is 0 Å². The molecule has 12 rings (SSSR count). The zero-order chi connectivity index (χ0) is 89.4. The minimum Gasteiger partial charge on any atom is -0.507 e. The lowest BCUT2D eigenvalue weighted by Crippen LogP contribution is -2.53. The van der Waals surface area contributed by atoms with Gasteiger partial charge in [0.2, 0.25) is 0 Å². The summed E-state index contributed by atoms with van der Waals surface area (Å²) in [6.07, 6.45) is 7.73. The summed E-state index contributed by atoms with van der Waals surface area (Å²) in [5, 5.41) is 56.0. The van der Waals surface area contributed by atoms with Crippen molar-refractivity contribution in [3.05, 3.63) is 228 Å². The predicted molar refractivity (Wildman–Crippen MR) is 449 cm³/mol. The number of hydrogen-bond acceptors (Lipinski definition) is 25. The van der Waals surface area contributed by atoms with E-state index in [1.165, 1.54) is 110 Å². The highest BCUT2D eigenvalue weighted by Crippen LogP contribution is 2.37. The Morgan fingerprint density at radius 3 is 1.17 bits per heavy atom. The molecule has 0 unspecified atom stereocenters. The number of phenolic OH excluding ortho intramolecular Hbond substituents is 1. The molecule has 0 aliphatic carbocycles. The van der Waals surface area contributed by atoms with Crippen molar-refractivity contribution in [1.82, 2.24) is 72.4 Å². The van der Waals surface area contributed by atoms with Crippen LogP contribution in [0.15, 0.2) is 121 Å². The van der Waals surface area contributed by atoms with Gasteiger partial charge in [0, 0.05) is 41.5 Å². The third-order valence-corrected chi connectivity index (χ3v) is 23.4. The Morgan fingerprint density at radius 2 is 0.818 bits per heavy atom. The molecule has 1 atom stereocenters. The largest absolute Gasteiger partial charge is 0.507 e. The number of rotatable bonds is 28. The van der Waals surface area contributed by atoms with Crippen molar-refractivity contribution in [3.8, 4) is 38.3 Å². The number of alkyl halides is 1. The molecule has 9 heterocycles. The second-order valence-corrected chi connectivity index (χ2v) is 33.9. The molecular weight excluding hydrogens is 1700 g/mol. The van der Waals surface area contributed by atoms with E-state index in [9.17, 15) is 76.1 Å². The Labute approximate surface area is 708 Å². The number of fused-ring (bicyclic) bond motifs is 3. The maximum Gasteiger partial charge on any atom is 0.357 e. The molecule has 0 saturated heterocycles. The number of carbonyl (C=O) groups excluding carboxylic acids is 5. The van der Waals surface area contributed by atoms with Crippen molar-refractivity contribution in [2.24, 2.45) is 17.8 Å². The third-order valence-electron chi connectivity index (χ3n) is 19.3. The first-order valence-electron chi connectivity index (χ1n) is 37.3. The van der Waals surface area contributed by atoms with Gasteiger partial charge in [-0.25, -0.2) is 54.4 Å². The van der Waals surface area contributed by atoms with Crippen LogP contribution >= 0.6 is 49.9 Å². The van der Waals surface area contributed by atoms with Crippen LogP contribution in [-0.4, -0.2) is 130 Å². The summed E-state index contributed by atoms with van der Waals surface area (Å²) >= 11 is 6.04. The van der Waals surface area contributed by atoms with Crippen molar-refractivity contribution < 1.29 is 56.8 Å². The first-order valence-corrected chi connectivity index (χ1v) is 40.8. The van der Waals surface area contributed by atoms with Crippen molar-refractivity contribution in [2.45, 2.75) is 165 Å². The van der Waals surface area contributed by atoms with Crippen molar-refractivity contribution in [2.75, 3.05) is 18.8 Å². The maximum absolute atomic E-state index is 14.2. The van der Waals surface area contributed by atoms with Crippen LogP contribution in [0.4, 0.5) is 13.2 Å². The average Bonchev–Trinajstić information content (AvgIpc) is 1.71. The number of nitriles is 1. The number of aliphatic hydroxyl groups excluding tert-OH is 1. The van der Waals surface area contributed by atoms with E-state index in [-0.39, 0.29) is 120 Å². The molecule has 0 aliphatic heterocycles. The number of benzene rings is 3. The van der Waals surface area contributed by atoms with Crippen LogP contribution in [0.3, 0.4) is 0 Å². The summed E-state index contributed by atoms with van der Waals surface area (Å²) in [5.41, 5.74) is -8.10.